The van der Waals surface area contributed by atoms with Crippen LogP contribution in [0.2, 0.25) is 0 Å². The van der Waals surface area contributed by atoms with Crippen LogP contribution in [0.15, 0.2) is 43.1 Å². The minimum absolute atomic E-state index is 0.418. The van der Waals surface area contributed by atoms with Gasteiger partial charge in [0.15, 0.2) is 5.82 Å². The molecule has 0 unspecified atom stereocenters. The van der Waals surface area contributed by atoms with Gasteiger partial charge in [-0.2, -0.15) is 5.10 Å². The molecule has 0 atom stereocenters. The van der Waals surface area contributed by atoms with E-state index in [1.54, 1.807) is 18.9 Å². The largest absolute Gasteiger partial charge is 0.356 e. The highest BCUT2D eigenvalue weighted by atomic mass is 15.3. The van der Waals surface area contributed by atoms with E-state index in [0.29, 0.717) is 11.9 Å². The van der Waals surface area contributed by atoms with Gasteiger partial charge in [-0.15, -0.1) is 0 Å². The molecule has 7 heteroatoms. The second-order valence-corrected chi connectivity index (χ2v) is 6.20. The molecule has 0 N–H and O–H groups in total. The molecule has 0 aliphatic carbocycles. The first-order chi connectivity index (χ1) is 12.3. The summed E-state index contributed by atoms with van der Waals surface area (Å²) in [6.45, 7) is 4.02. The molecule has 0 amide bonds. The molecule has 7 nitrogen and oxygen atoms in total. The van der Waals surface area contributed by atoms with Crippen LogP contribution in [0.4, 0.5) is 5.82 Å². The van der Waals surface area contributed by atoms with Gasteiger partial charge in [-0.25, -0.2) is 19.6 Å². The zero-order valence-electron chi connectivity index (χ0n) is 14.3. The first-order valence-corrected chi connectivity index (χ1v) is 8.72. The normalized spacial score (nSPS) is 15.5. The molecular formula is C18H21N7. The van der Waals surface area contributed by atoms with Crippen molar-refractivity contribution >= 4 is 5.82 Å². The number of anilines is 1. The SMILES string of the molecule is CCc1cc(N2CCC(n3cncn3)CC2)nc(-c2ccccn2)n1. The maximum Gasteiger partial charge on any atom is 0.180 e. The van der Waals surface area contributed by atoms with Crippen molar-refractivity contribution in [2.45, 2.75) is 32.2 Å². The van der Waals surface area contributed by atoms with Gasteiger partial charge >= 0.3 is 0 Å². The van der Waals surface area contributed by atoms with Crippen molar-refractivity contribution in [1.82, 2.24) is 29.7 Å². The third-order valence-corrected chi connectivity index (χ3v) is 4.62. The third-order valence-electron chi connectivity index (χ3n) is 4.62. The van der Waals surface area contributed by atoms with Crippen molar-refractivity contribution in [1.29, 1.82) is 0 Å². The highest BCUT2D eigenvalue weighted by Crippen LogP contribution is 2.26. The van der Waals surface area contributed by atoms with Crippen molar-refractivity contribution in [3.8, 4) is 11.5 Å². The lowest BCUT2D eigenvalue weighted by molar-refractivity contribution is 0.365. The zero-order chi connectivity index (χ0) is 17.1. The number of hydrogen-bond donors (Lipinski definition) is 0. The van der Waals surface area contributed by atoms with E-state index in [9.17, 15) is 0 Å². The minimum Gasteiger partial charge on any atom is -0.356 e. The Labute approximate surface area is 146 Å². The molecule has 0 aromatic carbocycles. The van der Waals surface area contributed by atoms with E-state index < -0.39 is 0 Å². The Hall–Kier alpha value is -2.83. The summed E-state index contributed by atoms with van der Waals surface area (Å²) < 4.78 is 1.97. The van der Waals surface area contributed by atoms with Crippen LogP contribution in [-0.4, -0.2) is 42.8 Å². The van der Waals surface area contributed by atoms with Crippen LogP contribution in [0, 0.1) is 0 Å². The van der Waals surface area contributed by atoms with Crippen LogP contribution < -0.4 is 4.90 Å². The van der Waals surface area contributed by atoms with Gasteiger partial charge in [0.25, 0.3) is 0 Å². The fraction of sp³-hybridized carbons (Fsp3) is 0.389. The van der Waals surface area contributed by atoms with Crippen LogP contribution in [0.5, 0.6) is 0 Å². The van der Waals surface area contributed by atoms with Gasteiger partial charge in [0.05, 0.1) is 6.04 Å². The van der Waals surface area contributed by atoms with Crippen LogP contribution in [0.3, 0.4) is 0 Å². The molecule has 4 rings (SSSR count). The first-order valence-electron chi connectivity index (χ1n) is 8.72. The summed E-state index contributed by atoms with van der Waals surface area (Å²) in [7, 11) is 0. The van der Waals surface area contributed by atoms with Crippen LogP contribution in [0.1, 0.15) is 31.5 Å². The summed E-state index contributed by atoms with van der Waals surface area (Å²) in [5, 5.41) is 4.27. The number of rotatable bonds is 4. The van der Waals surface area contributed by atoms with Crippen molar-refractivity contribution in [3.05, 3.63) is 48.8 Å². The van der Waals surface area contributed by atoms with Crippen LogP contribution >= 0.6 is 0 Å². The summed E-state index contributed by atoms with van der Waals surface area (Å²) >= 11 is 0. The maximum atomic E-state index is 4.78. The molecule has 0 saturated carbocycles. The summed E-state index contributed by atoms with van der Waals surface area (Å²) in [6.07, 6.45) is 8.13. The van der Waals surface area contributed by atoms with Crippen LogP contribution in [-0.2, 0) is 6.42 Å². The van der Waals surface area contributed by atoms with Crippen molar-refractivity contribution < 1.29 is 0 Å². The van der Waals surface area contributed by atoms with E-state index in [0.717, 1.165) is 49.6 Å². The Morgan fingerprint density at radius 3 is 2.72 bits per heavy atom. The standard InChI is InChI=1S/C18H21N7/c1-2-14-11-17(23-18(22-14)16-5-3-4-8-20-16)24-9-6-15(7-10-24)25-13-19-12-21-25/h3-5,8,11-13,15H,2,6-7,9-10H2,1H3. The highest BCUT2D eigenvalue weighted by Gasteiger charge is 2.22. The fourth-order valence-electron chi connectivity index (χ4n) is 3.20. The lowest BCUT2D eigenvalue weighted by Gasteiger charge is -2.32. The fourth-order valence-corrected chi connectivity index (χ4v) is 3.20. The number of pyridine rings is 1. The van der Waals surface area contributed by atoms with Crippen molar-refractivity contribution in [2.75, 3.05) is 18.0 Å². The molecule has 0 radical (unpaired) electrons. The Balaban J connectivity index is 1.56. The zero-order valence-corrected chi connectivity index (χ0v) is 14.3. The number of piperidine rings is 1. The smallest absolute Gasteiger partial charge is 0.180 e. The Kier molecular flexibility index (Phi) is 4.37. The molecule has 1 aliphatic rings. The van der Waals surface area contributed by atoms with E-state index in [4.69, 9.17) is 4.98 Å². The summed E-state index contributed by atoms with van der Waals surface area (Å²) in [5.41, 5.74) is 1.86. The second-order valence-electron chi connectivity index (χ2n) is 6.20. The first kappa shape index (κ1) is 15.7. The number of hydrogen-bond acceptors (Lipinski definition) is 6. The number of aryl methyl sites for hydroxylation is 1. The van der Waals surface area contributed by atoms with E-state index >= 15 is 0 Å². The van der Waals surface area contributed by atoms with Gasteiger partial charge < -0.3 is 4.90 Å². The Morgan fingerprint density at radius 2 is 2.04 bits per heavy atom. The molecule has 1 aliphatic heterocycles. The van der Waals surface area contributed by atoms with Gasteiger partial charge in [-0.05, 0) is 31.4 Å². The van der Waals surface area contributed by atoms with Gasteiger partial charge in [0, 0.05) is 31.0 Å². The van der Waals surface area contributed by atoms with E-state index in [-0.39, 0.29) is 0 Å². The Bertz CT molecular complexity index is 809. The van der Waals surface area contributed by atoms with Gasteiger partial charge in [-0.1, -0.05) is 13.0 Å². The second kappa shape index (κ2) is 6.96. The molecular weight excluding hydrogens is 314 g/mol. The molecule has 1 fully saturated rings. The third kappa shape index (κ3) is 3.35. The van der Waals surface area contributed by atoms with Crippen LogP contribution in [0.25, 0.3) is 11.5 Å². The van der Waals surface area contributed by atoms with E-state index in [1.807, 2.05) is 22.9 Å². The topological polar surface area (TPSA) is 72.6 Å². The molecule has 0 spiro atoms. The van der Waals surface area contributed by atoms with Crippen molar-refractivity contribution in [2.24, 2.45) is 0 Å². The molecule has 4 heterocycles. The number of aromatic nitrogens is 6. The molecule has 128 valence electrons. The maximum absolute atomic E-state index is 4.78. The average Bonchev–Trinajstić information content (AvgIpc) is 3.23. The highest BCUT2D eigenvalue weighted by molar-refractivity contribution is 5.53. The summed E-state index contributed by atoms with van der Waals surface area (Å²) in [4.78, 5) is 20.2. The Morgan fingerprint density at radius 1 is 1.16 bits per heavy atom. The summed E-state index contributed by atoms with van der Waals surface area (Å²) in [5.74, 6) is 1.69. The van der Waals surface area contributed by atoms with Gasteiger partial charge in [0.2, 0.25) is 0 Å². The lowest BCUT2D eigenvalue weighted by atomic mass is 10.1. The molecule has 1 saturated heterocycles. The van der Waals surface area contributed by atoms with Crippen molar-refractivity contribution in [3.63, 3.8) is 0 Å². The molecule has 0 bridgehead atoms. The quantitative estimate of drug-likeness (QED) is 0.729. The summed E-state index contributed by atoms with van der Waals surface area (Å²) in [6, 6.07) is 8.34. The van der Waals surface area contributed by atoms with Gasteiger partial charge in [0.1, 0.15) is 24.2 Å². The van der Waals surface area contributed by atoms with Gasteiger partial charge in [-0.3, -0.25) is 4.98 Å². The predicted molar refractivity (Wildman–Crippen MR) is 95.1 cm³/mol. The van der Waals surface area contributed by atoms with E-state index in [1.165, 1.54) is 0 Å². The molecule has 3 aromatic heterocycles. The average molecular weight is 335 g/mol. The lowest BCUT2D eigenvalue weighted by Crippen LogP contribution is -2.35. The predicted octanol–water partition coefficient (Wildman–Crippen LogP) is 2.53. The monoisotopic (exact) mass is 335 g/mol. The number of nitrogens with zero attached hydrogens (tertiary/aromatic N) is 7. The molecule has 3 aromatic rings. The minimum atomic E-state index is 0.418. The molecule has 25 heavy (non-hydrogen) atoms. The van der Waals surface area contributed by atoms with E-state index in [2.05, 4.69) is 37.9 Å².